The minimum Gasteiger partial charge on any atom is -0.367 e. The van der Waals surface area contributed by atoms with Crippen molar-refractivity contribution in [3.8, 4) is 5.82 Å². The van der Waals surface area contributed by atoms with Crippen LogP contribution in [0.2, 0.25) is 0 Å². The molecule has 0 saturated carbocycles. The Morgan fingerprint density at radius 2 is 1.88 bits per heavy atom. The number of anilines is 3. The molecule has 1 aliphatic rings. The normalized spacial score (nSPS) is 13.9. The van der Waals surface area contributed by atoms with Crippen molar-refractivity contribution in [3.63, 3.8) is 0 Å². The third kappa shape index (κ3) is 3.96. The van der Waals surface area contributed by atoms with Gasteiger partial charge in [-0.25, -0.2) is 13.8 Å². The quantitative estimate of drug-likeness (QED) is 0.433. The van der Waals surface area contributed by atoms with Gasteiger partial charge in [-0.1, -0.05) is 18.2 Å². The lowest BCUT2D eigenvalue weighted by molar-refractivity contribution is 0.100. The van der Waals surface area contributed by atoms with Crippen molar-refractivity contribution in [1.29, 1.82) is 0 Å². The third-order valence-electron chi connectivity index (χ3n) is 5.59. The number of benzene rings is 2. The number of amides is 1. The monoisotopic (exact) mass is 449 g/mol. The summed E-state index contributed by atoms with van der Waals surface area (Å²) in [7, 11) is 0. The summed E-state index contributed by atoms with van der Waals surface area (Å²) >= 11 is 0. The highest BCUT2D eigenvalue weighted by Crippen LogP contribution is 2.27. The van der Waals surface area contributed by atoms with Gasteiger partial charge in [0, 0.05) is 43.4 Å². The first-order valence-electron chi connectivity index (χ1n) is 10.5. The lowest BCUT2D eigenvalue weighted by atomic mass is 10.2. The summed E-state index contributed by atoms with van der Waals surface area (Å²) in [6.07, 6.45) is 2.47. The van der Waals surface area contributed by atoms with Crippen molar-refractivity contribution in [3.05, 3.63) is 72.1 Å². The number of halogens is 2. The third-order valence-corrected chi connectivity index (χ3v) is 5.59. The Labute approximate surface area is 188 Å². The zero-order valence-corrected chi connectivity index (χ0v) is 17.6. The van der Waals surface area contributed by atoms with Crippen molar-refractivity contribution in [2.24, 2.45) is 5.73 Å². The van der Waals surface area contributed by atoms with Gasteiger partial charge < -0.3 is 21.3 Å². The standard InChI is InChI=1S/C23H21F2N7O/c24-17-11-14(5-6-20(17)31-9-7-27-8-10-31)29-23-28-12-18(25)22(30-23)32-13-16(21(26)33)15-3-1-2-4-19(15)32/h1-6,11-13,27H,7-10H2,(H2,26,33)(H,28,29,30). The average Bonchev–Trinajstić information content (AvgIpc) is 3.21. The van der Waals surface area contributed by atoms with Crippen LogP contribution < -0.4 is 21.3 Å². The van der Waals surface area contributed by atoms with Crippen LogP contribution >= 0.6 is 0 Å². The fraction of sp³-hybridized carbons (Fsp3) is 0.174. The van der Waals surface area contributed by atoms with Gasteiger partial charge in [-0.3, -0.25) is 9.36 Å². The highest BCUT2D eigenvalue weighted by Gasteiger charge is 2.18. The topological polar surface area (TPSA) is 101 Å². The van der Waals surface area contributed by atoms with E-state index in [1.54, 1.807) is 36.4 Å². The molecule has 4 aromatic rings. The van der Waals surface area contributed by atoms with Crippen molar-refractivity contribution < 1.29 is 13.6 Å². The average molecular weight is 449 g/mol. The molecular formula is C23H21F2N7O. The molecule has 0 bridgehead atoms. The fourth-order valence-electron chi connectivity index (χ4n) is 4.01. The molecule has 8 nitrogen and oxygen atoms in total. The zero-order valence-electron chi connectivity index (χ0n) is 17.6. The summed E-state index contributed by atoms with van der Waals surface area (Å²) in [6, 6.07) is 11.8. The van der Waals surface area contributed by atoms with Crippen molar-refractivity contribution in [2.75, 3.05) is 36.4 Å². The number of para-hydroxylation sites is 1. The van der Waals surface area contributed by atoms with Crippen molar-refractivity contribution >= 4 is 34.1 Å². The molecule has 0 radical (unpaired) electrons. The number of fused-ring (bicyclic) bond motifs is 1. The van der Waals surface area contributed by atoms with E-state index in [9.17, 15) is 13.6 Å². The Morgan fingerprint density at radius 3 is 2.64 bits per heavy atom. The predicted molar refractivity (Wildman–Crippen MR) is 122 cm³/mol. The highest BCUT2D eigenvalue weighted by atomic mass is 19.1. The number of carbonyl (C=O) groups is 1. The summed E-state index contributed by atoms with van der Waals surface area (Å²) in [4.78, 5) is 22.1. The predicted octanol–water partition coefficient (Wildman–Crippen LogP) is 2.95. The van der Waals surface area contributed by atoms with Gasteiger partial charge in [-0.05, 0) is 24.3 Å². The second kappa shape index (κ2) is 8.47. The Morgan fingerprint density at radius 1 is 1.09 bits per heavy atom. The van der Waals surface area contributed by atoms with Crippen LogP contribution in [0.1, 0.15) is 10.4 Å². The number of primary amides is 1. The molecule has 1 aliphatic heterocycles. The lowest BCUT2D eigenvalue weighted by Crippen LogP contribution is -2.43. The number of piperazine rings is 1. The maximum Gasteiger partial charge on any atom is 0.250 e. The molecule has 10 heteroatoms. The largest absolute Gasteiger partial charge is 0.367 e. The Bertz CT molecular complexity index is 1350. The smallest absolute Gasteiger partial charge is 0.250 e. The van der Waals surface area contributed by atoms with Crippen LogP contribution in [0.3, 0.4) is 0 Å². The Balaban J connectivity index is 1.47. The number of hydrogen-bond acceptors (Lipinski definition) is 6. The van der Waals surface area contributed by atoms with Crippen LogP contribution in [-0.4, -0.2) is 46.6 Å². The number of rotatable bonds is 5. The van der Waals surface area contributed by atoms with E-state index in [0.29, 0.717) is 22.3 Å². The van der Waals surface area contributed by atoms with Crippen LogP contribution in [0.5, 0.6) is 0 Å². The molecule has 2 aromatic carbocycles. The van der Waals surface area contributed by atoms with Crippen LogP contribution in [0, 0.1) is 11.6 Å². The molecule has 1 amide bonds. The second-order valence-electron chi connectivity index (χ2n) is 7.69. The molecule has 0 atom stereocenters. The first kappa shape index (κ1) is 20.8. The second-order valence-corrected chi connectivity index (χ2v) is 7.69. The number of nitrogens with zero attached hydrogens (tertiary/aromatic N) is 4. The summed E-state index contributed by atoms with van der Waals surface area (Å²) < 4.78 is 30.9. The van der Waals surface area contributed by atoms with Crippen LogP contribution in [0.25, 0.3) is 16.7 Å². The summed E-state index contributed by atoms with van der Waals surface area (Å²) in [5.74, 6) is -1.66. The summed E-state index contributed by atoms with van der Waals surface area (Å²) in [5.41, 5.74) is 7.27. The zero-order chi connectivity index (χ0) is 22.9. The van der Waals surface area contributed by atoms with Crippen LogP contribution in [0.15, 0.2) is 54.9 Å². The molecule has 33 heavy (non-hydrogen) atoms. The van der Waals surface area contributed by atoms with Crippen LogP contribution in [0.4, 0.5) is 26.1 Å². The van der Waals surface area contributed by atoms with E-state index in [-0.39, 0.29) is 23.1 Å². The first-order valence-corrected chi connectivity index (χ1v) is 10.5. The molecular weight excluding hydrogens is 428 g/mol. The molecule has 168 valence electrons. The van der Waals surface area contributed by atoms with E-state index in [1.165, 1.54) is 16.8 Å². The number of aromatic nitrogens is 3. The molecule has 5 rings (SSSR count). The van der Waals surface area contributed by atoms with E-state index in [2.05, 4.69) is 20.6 Å². The van der Waals surface area contributed by atoms with Crippen molar-refractivity contribution in [1.82, 2.24) is 19.9 Å². The minimum absolute atomic E-state index is 0.0610. The van der Waals surface area contributed by atoms with E-state index >= 15 is 0 Å². The highest BCUT2D eigenvalue weighted by molar-refractivity contribution is 6.06. The van der Waals surface area contributed by atoms with Gasteiger partial charge >= 0.3 is 0 Å². The summed E-state index contributed by atoms with van der Waals surface area (Å²) in [6.45, 7) is 3.06. The molecule has 0 unspecified atom stereocenters. The number of carbonyl (C=O) groups excluding carboxylic acids is 1. The van der Waals surface area contributed by atoms with Gasteiger partial charge in [0.25, 0.3) is 5.91 Å². The van der Waals surface area contributed by atoms with Gasteiger partial charge in [-0.15, -0.1) is 0 Å². The number of nitrogens with one attached hydrogen (secondary N) is 2. The van der Waals surface area contributed by atoms with Gasteiger partial charge in [0.05, 0.1) is 23.0 Å². The van der Waals surface area contributed by atoms with Gasteiger partial charge in [0.1, 0.15) is 5.82 Å². The van der Waals surface area contributed by atoms with E-state index in [0.717, 1.165) is 32.4 Å². The molecule has 4 N–H and O–H groups in total. The van der Waals surface area contributed by atoms with E-state index < -0.39 is 11.7 Å². The summed E-state index contributed by atoms with van der Waals surface area (Å²) in [5, 5.41) is 6.75. The fourth-order valence-corrected chi connectivity index (χ4v) is 4.01. The van der Waals surface area contributed by atoms with E-state index in [4.69, 9.17) is 5.73 Å². The molecule has 1 fully saturated rings. The maximum absolute atomic E-state index is 14.7. The van der Waals surface area contributed by atoms with Crippen molar-refractivity contribution in [2.45, 2.75) is 0 Å². The van der Waals surface area contributed by atoms with Gasteiger partial charge in [0.15, 0.2) is 11.6 Å². The number of nitrogens with two attached hydrogens (primary N) is 1. The molecule has 2 aromatic heterocycles. The molecule has 0 spiro atoms. The van der Waals surface area contributed by atoms with E-state index in [1.807, 2.05) is 4.90 Å². The molecule has 0 aliphatic carbocycles. The number of hydrogen-bond donors (Lipinski definition) is 3. The van der Waals surface area contributed by atoms with Gasteiger partial charge in [0.2, 0.25) is 5.95 Å². The molecule has 3 heterocycles. The lowest BCUT2D eigenvalue weighted by Gasteiger charge is -2.29. The maximum atomic E-state index is 14.7. The van der Waals surface area contributed by atoms with Crippen LogP contribution in [-0.2, 0) is 0 Å². The first-order chi connectivity index (χ1) is 16.0. The van der Waals surface area contributed by atoms with Gasteiger partial charge in [-0.2, -0.15) is 4.98 Å². The molecule has 1 saturated heterocycles. The SMILES string of the molecule is NC(=O)c1cn(-c2nc(Nc3ccc(N4CCNCC4)c(F)c3)ncc2F)c2ccccc12. The Hall–Kier alpha value is -4.05. The Kier molecular flexibility index (Phi) is 5.35. The minimum atomic E-state index is -0.683.